The van der Waals surface area contributed by atoms with Crippen LogP contribution in [0.15, 0.2) is 36.4 Å². The summed E-state index contributed by atoms with van der Waals surface area (Å²) in [7, 11) is 0. The quantitative estimate of drug-likeness (QED) is 0.905. The molecular formula is C19H17F2N3O. The Balaban J connectivity index is 1.99. The van der Waals surface area contributed by atoms with Gasteiger partial charge in [0.1, 0.15) is 23.3 Å². The molecule has 4 nitrogen and oxygen atoms in total. The molecule has 1 atom stereocenters. The number of benzene rings is 2. The molecular weight excluding hydrogens is 324 g/mol. The third-order valence-corrected chi connectivity index (χ3v) is 4.43. The summed E-state index contributed by atoms with van der Waals surface area (Å²) in [6, 6.07) is 10.5. The van der Waals surface area contributed by atoms with Gasteiger partial charge in [0.25, 0.3) is 0 Å². The third-order valence-electron chi connectivity index (χ3n) is 4.43. The predicted molar refractivity (Wildman–Crippen MR) is 89.6 cm³/mol. The Morgan fingerprint density at radius 2 is 2.12 bits per heavy atom. The van der Waals surface area contributed by atoms with Gasteiger partial charge in [0, 0.05) is 20.0 Å². The number of nitrogens with zero attached hydrogens (tertiary/aromatic N) is 2. The van der Waals surface area contributed by atoms with Crippen LogP contribution in [0.25, 0.3) is 0 Å². The van der Waals surface area contributed by atoms with Crippen LogP contribution in [0.2, 0.25) is 0 Å². The molecule has 0 aromatic heterocycles. The minimum Gasteiger partial charge on any atom is -0.377 e. The maximum Gasteiger partial charge on any atom is 0.219 e. The average molecular weight is 341 g/mol. The van der Waals surface area contributed by atoms with E-state index in [9.17, 15) is 18.8 Å². The number of amides is 1. The Kier molecular flexibility index (Phi) is 4.66. The monoisotopic (exact) mass is 341 g/mol. The highest BCUT2D eigenvalue weighted by molar-refractivity contribution is 5.73. The summed E-state index contributed by atoms with van der Waals surface area (Å²) < 4.78 is 27.5. The van der Waals surface area contributed by atoms with Gasteiger partial charge < -0.3 is 10.2 Å². The van der Waals surface area contributed by atoms with E-state index in [0.29, 0.717) is 30.8 Å². The molecule has 0 radical (unpaired) electrons. The van der Waals surface area contributed by atoms with E-state index in [1.54, 1.807) is 17.0 Å². The van der Waals surface area contributed by atoms with Crippen molar-refractivity contribution in [3.05, 3.63) is 64.7 Å². The smallest absolute Gasteiger partial charge is 0.219 e. The first-order chi connectivity index (χ1) is 12.0. The van der Waals surface area contributed by atoms with Gasteiger partial charge >= 0.3 is 0 Å². The van der Waals surface area contributed by atoms with E-state index in [1.165, 1.54) is 31.2 Å². The first-order valence-corrected chi connectivity index (χ1v) is 7.98. The Morgan fingerprint density at radius 3 is 2.84 bits per heavy atom. The van der Waals surface area contributed by atoms with E-state index in [4.69, 9.17) is 0 Å². The fourth-order valence-electron chi connectivity index (χ4n) is 3.14. The Morgan fingerprint density at radius 1 is 1.32 bits per heavy atom. The highest BCUT2D eigenvalue weighted by Crippen LogP contribution is 2.32. The minimum atomic E-state index is -0.592. The van der Waals surface area contributed by atoms with Crippen LogP contribution in [-0.4, -0.2) is 17.4 Å². The summed E-state index contributed by atoms with van der Waals surface area (Å²) in [6.07, 6.45) is 0.569. The maximum atomic E-state index is 13.8. The highest BCUT2D eigenvalue weighted by atomic mass is 19.1. The standard InChI is InChI=1S/C19H17F2N3O/c1-12(25)24-8-7-19(15-6-5-14(20)9-13(15)11-24)23-18-4-2-3-17(21)16(18)10-22/h2-6,9,19,23H,7-8,11H2,1H3/t19-/m1/s1. The number of nitriles is 1. The molecule has 3 rings (SSSR count). The van der Waals surface area contributed by atoms with Gasteiger partial charge in [-0.2, -0.15) is 5.26 Å². The van der Waals surface area contributed by atoms with Gasteiger partial charge in [0.05, 0.1) is 11.7 Å². The van der Waals surface area contributed by atoms with Crippen LogP contribution in [0, 0.1) is 23.0 Å². The van der Waals surface area contributed by atoms with Gasteiger partial charge in [0.2, 0.25) is 5.91 Å². The van der Waals surface area contributed by atoms with Crippen LogP contribution in [0.4, 0.5) is 14.5 Å². The van der Waals surface area contributed by atoms with Crippen molar-refractivity contribution in [1.29, 1.82) is 5.26 Å². The normalized spacial score (nSPS) is 16.6. The lowest BCUT2D eigenvalue weighted by Gasteiger charge is -2.21. The molecule has 0 unspecified atom stereocenters. The Labute approximate surface area is 144 Å². The number of anilines is 1. The van der Waals surface area contributed by atoms with Crippen molar-refractivity contribution < 1.29 is 13.6 Å². The molecule has 1 heterocycles. The Bertz CT molecular complexity index is 860. The van der Waals surface area contributed by atoms with Crippen molar-refractivity contribution in [2.24, 2.45) is 0 Å². The second-order valence-corrected chi connectivity index (χ2v) is 6.04. The Hall–Kier alpha value is -2.94. The highest BCUT2D eigenvalue weighted by Gasteiger charge is 2.25. The first-order valence-electron chi connectivity index (χ1n) is 7.98. The van der Waals surface area contributed by atoms with E-state index in [2.05, 4.69) is 5.32 Å². The van der Waals surface area contributed by atoms with Crippen LogP contribution >= 0.6 is 0 Å². The molecule has 6 heteroatoms. The molecule has 1 aliphatic heterocycles. The zero-order chi connectivity index (χ0) is 18.0. The fourth-order valence-corrected chi connectivity index (χ4v) is 3.14. The lowest BCUT2D eigenvalue weighted by molar-refractivity contribution is -0.129. The van der Waals surface area contributed by atoms with Crippen LogP contribution in [0.1, 0.15) is 36.1 Å². The summed E-state index contributed by atoms with van der Waals surface area (Å²) in [5.41, 5.74) is 1.89. The topological polar surface area (TPSA) is 56.1 Å². The number of nitrogens with one attached hydrogen (secondary N) is 1. The van der Waals surface area contributed by atoms with Crippen LogP contribution < -0.4 is 5.32 Å². The van der Waals surface area contributed by atoms with Crippen molar-refractivity contribution in [3.63, 3.8) is 0 Å². The molecule has 0 saturated heterocycles. The van der Waals surface area contributed by atoms with Crippen molar-refractivity contribution in [1.82, 2.24) is 4.90 Å². The number of fused-ring (bicyclic) bond motifs is 1. The molecule has 25 heavy (non-hydrogen) atoms. The molecule has 1 N–H and O–H groups in total. The molecule has 0 fully saturated rings. The lowest BCUT2D eigenvalue weighted by atomic mass is 9.98. The van der Waals surface area contributed by atoms with Crippen LogP contribution in [0.5, 0.6) is 0 Å². The summed E-state index contributed by atoms with van der Waals surface area (Å²) >= 11 is 0. The minimum absolute atomic E-state index is 0.0566. The first kappa shape index (κ1) is 16.9. The molecule has 0 saturated carbocycles. The van der Waals surface area contributed by atoms with Gasteiger partial charge in [-0.3, -0.25) is 4.79 Å². The van der Waals surface area contributed by atoms with Gasteiger partial charge in [-0.05, 0) is 41.8 Å². The summed E-state index contributed by atoms with van der Waals surface area (Å²) in [4.78, 5) is 13.4. The van der Waals surface area contributed by atoms with Gasteiger partial charge in [-0.25, -0.2) is 8.78 Å². The second kappa shape index (κ2) is 6.89. The molecule has 0 spiro atoms. The van der Waals surface area contributed by atoms with Crippen LogP contribution in [0.3, 0.4) is 0 Å². The van der Waals surface area contributed by atoms with Gasteiger partial charge in [-0.15, -0.1) is 0 Å². The number of halogens is 2. The fraction of sp³-hybridized carbons (Fsp3) is 0.263. The average Bonchev–Trinajstić information content (AvgIpc) is 2.74. The summed E-state index contributed by atoms with van der Waals surface area (Å²) in [5, 5.41) is 12.4. The zero-order valence-electron chi connectivity index (χ0n) is 13.7. The van der Waals surface area contributed by atoms with Gasteiger partial charge in [-0.1, -0.05) is 12.1 Å². The number of rotatable bonds is 2. The number of hydrogen-bond acceptors (Lipinski definition) is 3. The van der Waals surface area contributed by atoms with Crippen molar-refractivity contribution in [2.75, 3.05) is 11.9 Å². The van der Waals surface area contributed by atoms with Crippen LogP contribution in [-0.2, 0) is 11.3 Å². The largest absolute Gasteiger partial charge is 0.377 e. The molecule has 2 aromatic carbocycles. The van der Waals surface area contributed by atoms with Crippen molar-refractivity contribution >= 4 is 11.6 Å². The number of carbonyl (C=O) groups is 1. The maximum absolute atomic E-state index is 13.8. The summed E-state index contributed by atoms with van der Waals surface area (Å²) in [6.45, 7) is 2.29. The van der Waals surface area contributed by atoms with E-state index in [1.807, 2.05) is 6.07 Å². The molecule has 1 amide bonds. The molecule has 0 bridgehead atoms. The van der Waals surface area contributed by atoms with E-state index >= 15 is 0 Å². The van der Waals surface area contributed by atoms with E-state index in [-0.39, 0.29) is 23.3 Å². The number of hydrogen-bond donors (Lipinski definition) is 1. The SMILES string of the molecule is CC(=O)N1CC[C@@H](Nc2cccc(F)c2C#N)c2ccc(F)cc2C1. The molecule has 0 aliphatic carbocycles. The molecule has 1 aliphatic rings. The second-order valence-electron chi connectivity index (χ2n) is 6.04. The van der Waals surface area contributed by atoms with Gasteiger partial charge in [0.15, 0.2) is 0 Å². The van der Waals surface area contributed by atoms with Crippen molar-refractivity contribution in [3.8, 4) is 6.07 Å². The van der Waals surface area contributed by atoms with Crippen molar-refractivity contribution in [2.45, 2.75) is 25.9 Å². The number of carbonyl (C=O) groups excluding carboxylic acids is 1. The third kappa shape index (κ3) is 3.45. The van der Waals surface area contributed by atoms with E-state index in [0.717, 1.165) is 5.56 Å². The molecule has 128 valence electrons. The zero-order valence-corrected chi connectivity index (χ0v) is 13.7. The molecule has 2 aromatic rings. The predicted octanol–water partition coefficient (Wildman–Crippen LogP) is 3.74. The summed E-state index contributed by atoms with van der Waals surface area (Å²) in [5.74, 6) is -1.04. The lowest BCUT2D eigenvalue weighted by Crippen LogP contribution is -2.28. The van der Waals surface area contributed by atoms with E-state index < -0.39 is 5.82 Å².